The molecule has 0 atom stereocenters. The number of rotatable bonds is 6. The van der Waals surface area contributed by atoms with Gasteiger partial charge >= 0.3 is 5.97 Å². The molecule has 4 nitrogen and oxygen atoms in total. The van der Waals surface area contributed by atoms with Crippen LogP contribution in [0.4, 0.5) is 0 Å². The van der Waals surface area contributed by atoms with Crippen molar-refractivity contribution >= 4 is 17.0 Å². The first-order chi connectivity index (χ1) is 10.2. The van der Waals surface area contributed by atoms with Crippen LogP contribution in [0.1, 0.15) is 55.2 Å². The average molecular weight is 286 g/mol. The molecule has 1 fully saturated rings. The number of hydrogen-bond donors (Lipinski definition) is 1. The summed E-state index contributed by atoms with van der Waals surface area (Å²) in [5.74, 6) is 1.07. The van der Waals surface area contributed by atoms with Gasteiger partial charge in [0, 0.05) is 13.0 Å². The molecule has 0 unspecified atom stereocenters. The van der Waals surface area contributed by atoms with Crippen molar-refractivity contribution in [3.8, 4) is 0 Å². The molecule has 1 aliphatic carbocycles. The molecule has 0 bridgehead atoms. The van der Waals surface area contributed by atoms with Crippen molar-refractivity contribution in [1.82, 2.24) is 9.55 Å². The predicted molar refractivity (Wildman–Crippen MR) is 82.6 cm³/mol. The number of aromatic nitrogens is 2. The third kappa shape index (κ3) is 2.80. The van der Waals surface area contributed by atoms with Crippen molar-refractivity contribution in [3.05, 3.63) is 29.6 Å². The Balaban J connectivity index is 1.93. The summed E-state index contributed by atoms with van der Waals surface area (Å²) in [5, 5.41) is 9.10. The monoisotopic (exact) mass is 286 g/mol. The van der Waals surface area contributed by atoms with Gasteiger partial charge < -0.3 is 9.67 Å². The SMILES string of the molecule is CCCc1nc2cc(C(=O)O)ccc2n1CCC1CCC1. The topological polar surface area (TPSA) is 55.1 Å². The smallest absolute Gasteiger partial charge is 0.335 e. The van der Waals surface area contributed by atoms with E-state index in [2.05, 4.69) is 16.5 Å². The Morgan fingerprint density at radius 3 is 2.86 bits per heavy atom. The quantitative estimate of drug-likeness (QED) is 0.876. The van der Waals surface area contributed by atoms with E-state index in [0.29, 0.717) is 5.56 Å². The Hall–Kier alpha value is -1.84. The molecule has 1 aliphatic rings. The molecule has 1 N–H and O–H groups in total. The summed E-state index contributed by atoms with van der Waals surface area (Å²) in [6, 6.07) is 5.28. The maximum atomic E-state index is 11.1. The maximum absolute atomic E-state index is 11.1. The maximum Gasteiger partial charge on any atom is 0.335 e. The number of aromatic carboxylic acids is 1. The van der Waals surface area contributed by atoms with Crippen LogP contribution in [0.3, 0.4) is 0 Å². The van der Waals surface area contributed by atoms with Gasteiger partial charge in [0.1, 0.15) is 5.82 Å². The highest BCUT2D eigenvalue weighted by Gasteiger charge is 2.19. The standard InChI is InChI=1S/C17H22N2O2/c1-2-4-16-18-14-11-13(17(20)21)7-8-15(14)19(16)10-9-12-5-3-6-12/h7-8,11-12H,2-6,9-10H2,1H3,(H,20,21). The Morgan fingerprint density at radius 2 is 2.24 bits per heavy atom. The van der Waals surface area contributed by atoms with Crippen LogP contribution >= 0.6 is 0 Å². The third-order valence-electron chi connectivity index (χ3n) is 4.53. The zero-order chi connectivity index (χ0) is 14.8. The normalized spacial score (nSPS) is 15.3. The van der Waals surface area contributed by atoms with Gasteiger partial charge in [0.25, 0.3) is 0 Å². The molecule has 0 saturated heterocycles. The summed E-state index contributed by atoms with van der Waals surface area (Å²) >= 11 is 0. The van der Waals surface area contributed by atoms with Gasteiger partial charge in [0.2, 0.25) is 0 Å². The van der Waals surface area contributed by atoms with Crippen molar-refractivity contribution in [3.63, 3.8) is 0 Å². The molecule has 0 amide bonds. The predicted octanol–water partition coefficient (Wildman–Crippen LogP) is 3.88. The molecule has 1 heterocycles. The second kappa shape index (κ2) is 5.88. The van der Waals surface area contributed by atoms with Crippen molar-refractivity contribution in [2.45, 2.75) is 52.0 Å². The molecule has 0 aliphatic heterocycles. The molecule has 112 valence electrons. The number of hydrogen-bond acceptors (Lipinski definition) is 2. The first kappa shape index (κ1) is 14.1. The minimum absolute atomic E-state index is 0.314. The number of fused-ring (bicyclic) bond motifs is 1. The second-order valence-corrected chi connectivity index (χ2v) is 6.02. The van der Waals surface area contributed by atoms with Crippen LogP contribution in [0.25, 0.3) is 11.0 Å². The summed E-state index contributed by atoms with van der Waals surface area (Å²) in [4.78, 5) is 15.8. The van der Waals surface area contributed by atoms with Crippen LogP contribution in [-0.2, 0) is 13.0 Å². The lowest BCUT2D eigenvalue weighted by molar-refractivity contribution is 0.0697. The van der Waals surface area contributed by atoms with E-state index in [1.54, 1.807) is 12.1 Å². The van der Waals surface area contributed by atoms with Crippen LogP contribution in [0.5, 0.6) is 0 Å². The number of nitrogens with zero attached hydrogens (tertiary/aromatic N) is 2. The molecule has 0 spiro atoms. The molecule has 1 saturated carbocycles. The first-order valence-corrected chi connectivity index (χ1v) is 7.91. The average Bonchev–Trinajstić information content (AvgIpc) is 2.74. The van der Waals surface area contributed by atoms with Crippen LogP contribution in [0.2, 0.25) is 0 Å². The molecular weight excluding hydrogens is 264 g/mol. The van der Waals surface area contributed by atoms with E-state index < -0.39 is 5.97 Å². The highest BCUT2D eigenvalue weighted by molar-refractivity contribution is 5.92. The van der Waals surface area contributed by atoms with Gasteiger partial charge in [-0.15, -0.1) is 0 Å². The highest BCUT2D eigenvalue weighted by Crippen LogP contribution is 2.30. The minimum atomic E-state index is -0.891. The van der Waals surface area contributed by atoms with Crippen LogP contribution in [0.15, 0.2) is 18.2 Å². The van der Waals surface area contributed by atoms with Crippen LogP contribution in [0, 0.1) is 5.92 Å². The Labute approximate surface area is 124 Å². The largest absolute Gasteiger partial charge is 0.478 e. The van der Waals surface area contributed by atoms with Gasteiger partial charge in [-0.25, -0.2) is 9.78 Å². The highest BCUT2D eigenvalue weighted by atomic mass is 16.4. The van der Waals surface area contributed by atoms with Crippen molar-refractivity contribution in [1.29, 1.82) is 0 Å². The van der Waals surface area contributed by atoms with Crippen molar-refractivity contribution < 1.29 is 9.90 Å². The van der Waals surface area contributed by atoms with E-state index in [9.17, 15) is 4.79 Å². The molecule has 4 heteroatoms. The van der Waals surface area contributed by atoms with Crippen molar-refractivity contribution in [2.24, 2.45) is 5.92 Å². The van der Waals surface area contributed by atoms with E-state index in [4.69, 9.17) is 5.11 Å². The van der Waals surface area contributed by atoms with Gasteiger partial charge in [-0.05, 0) is 37.0 Å². The summed E-state index contributed by atoms with van der Waals surface area (Å²) < 4.78 is 2.29. The van der Waals surface area contributed by atoms with Crippen molar-refractivity contribution in [2.75, 3.05) is 0 Å². The minimum Gasteiger partial charge on any atom is -0.478 e. The fourth-order valence-corrected chi connectivity index (χ4v) is 3.07. The summed E-state index contributed by atoms with van der Waals surface area (Å²) in [6.07, 6.45) is 7.31. The fraction of sp³-hybridized carbons (Fsp3) is 0.529. The fourth-order valence-electron chi connectivity index (χ4n) is 3.07. The van der Waals surface area contributed by atoms with Crippen LogP contribution < -0.4 is 0 Å². The molecule has 21 heavy (non-hydrogen) atoms. The van der Waals surface area contributed by atoms with E-state index >= 15 is 0 Å². The molecule has 1 aromatic carbocycles. The van der Waals surface area contributed by atoms with Gasteiger partial charge in [0.05, 0.1) is 16.6 Å². The van der Waals surface area contributed by atoms with Crippen LogP contribution in [-0.4, -0.2) is 20.6 Å². The Kier molecular flexibility index (Phi) is 3.95. The number of carbonyl (C=O) groups is 1. The lowest BCUT2D eigenvalue weighted by atomic mass is 9.83. The number of carboxylic acids is 1. The zero-order valence-corrected chi connectivity index (χ0v) is 12.5. The lowest BCUT2D eigenvalue weighted by Crippen LogP contribution is -2.15. The number of imidazole rings is 1. The lowest BCUT2D eigenvalue weighted by Gasteiger charge is -2.25. The van der Waals surface area contributed by atoms with Gasteiger partial charge in [0.15, 0.2) is 0 Å². The molecule has 1 aromatic heterocycles. The van der Waals surface area contributed by atoms with Gasteiger partial charge in [-0.2, -0.15) is 0 Å². The summed E-state index contributed by atoms with van der Waals surface area (Å²) in [7, 11) is 0. The van der Waals surface area contributed by atoms with Gasteiger partial charge in [-0.3, -0.25) is 0 Å². The second-order valence-electron chi connectivity index (χ2n) is 6.02. The van der Waals surface area contributed by atoms with E-state index in [0.717, 1.165) is 42.2 Å². The number of aryl methyl sites for hydroxylation is 2. The van der Waals surface area contributed by atoms with E-state index in [1.165, 1.54) is 25.7 Å². The zero-order valence-electron chi connectivity index (χ0n) is 12.5. The molecular formula is C17H22N2O2. The van der Waals surface area contributed by atoms with E-state index in [-0.39, 0.29) is 0 Å². The third-order valence-corrected chi connectivity index (χ3v) is 4.53. The summed E-state index contributed by atoms with van der Waals surface area (Å²) in [6.45, 7) is 3.15. The van der Waals surface area contributed by atoms with Gasteiger partial charge in [-0.1, -0.05) is 26.2 Å². The first-order valence-electron chi connectivity index (χ1n) is 7.91. The molecule has 0 radical (unpaired) electrons. The molecule has 2 aromatic rings. The summed E-state index contributed by atoms with van der Waals surface area (Å²) in [5.41, 5.74) is 2.20. The Bertz CT molecular complexity index is 656. The van der Waals surface area contributed by atoms with E-state index in [1.807, 2.05) is 6.07 Å². The number of carboxylic acid groups (broad SMARTS) is 1. The Morgan fingerprint density at radius 1 is 1.43 bits per heavy atom. The molecule has 3 rings (SSSR count). The number of benzene rings is 1.